The van der Waals surface area contributed by atoms with Crippen molar-refractivity contribution in [3.63, 3.8) is 0 Å². The molecule has 0 fully saturated rings. The molecule has 2 aliphatic rings. The molecule has 166 valence electrons. The fourth-order valence-electron chi connectivity index (χ4n) is 4.25. The summed E-state index contributed by atoms with van der Waals surface area (Å²) in [5, 5.41) is 0. The number of allylic oxidation sites excluding steroid dienone is 1. The summed E-state index contributed by atoms with van der Waals surface area (Å²) >= 11 is 0. The van der Waals surface area contributed by atoms with Crippen LogP contribution in [0.3, 0.4) is 0 Å². The number of rotatable bonds is 3. The van der Waals surface area contributed by atoms with Gasteiger partial charge in [0.15, 0.2) is 12.7 Å². The van der Waals surface area contributed by atoms with Gasteiger partial charge in [0, 0.05) is 28.7 Å². The first kappa shape index (κ1) is 21.6. The predicted octanol–water partition coefficient (Wildman–Crippen LogP) is 2.80. The maximum absolute atomic E-state index is 4.81. The summed E-state index contributed by atoms with van der Waals surface area (Å²) in [6.07, 6.45) is 12.1. The van der Waals surface area contributed by atoms with Crippen LogP contribution in [0.25, 0.3) is 57.6 Å². The third-order valence-corrected chi connectivity index (χ3v) is 5.71. The van der Waals surface area contributed by atoms with E-state index in [0.717, 1.165) is 62.6 Å². The van der Waals surface area contributed by atoms with Gasteiger partial charge in [-0.3, -0.25) is 0 Å². The van der Waals surface area contributed by atoms with E-state index in [1.807, 2.05) is 42.5 Å². The van der Waals surface area contributed by atoms with E-state index in [1.54, 1.807) is 0 Å². The topological polar surface area (TPSA) is 61.2 Å². The van der Waals surface area contributed by atoms with Crippen molar-refractivity contribution in [1.29, 1.82) is 0 Å². The maximum atomic E-state index is 4.81. The van der Waals surface area contributed by atoms with Crippen LogP contribution >= 0.6 is 0 Å². The number of pyridine rings is 1. The highest BCUT2D eigenvalue weighted by atomic mass is 35.5. The summed E-state index contributed by atoms with van der Waals surface area (Å²) < 4.78 is 2.19. The molecular formula is C28H22ClN5. The number of aromatic amines is 2. The van der Waals surface area contributed by atoms with Gasteiger partial charge in [-0.05, 0) is 78.9 Å². The first-order valence-electron chi connectivity index (χ1n) is 10.9. The zero-order valence-corrected chi connectivity index (χ0v) is 19.1. The molecule has 0 spiro atoms. The van der Waals surface area contributed by atoms with E-state index >= 15 is 0 Å². The Bertz CT molecular complexity index is 1620. The van der Waals surface area contributed by atoms with Crippen LogP contribution in [0.2, 0.25) is 0 Å². The second-order valence-electron chi connectivity index (χ2n) is 8.12. The van der Waals surface area contributed by atoms with Crippen molar-refractivity contribution in [2.45, 2.75) is 6.54 Å². The van der Waals surface area contributed by atoms with E-state index in [9.17, 15) is 0 Å². The zero-order valence-electron chi connectivity index (χ0n) is 18.4. The van der Waals surface area contributed by atoms with Gasteiger partial charge in [0.2, 0.25) is 5.69 Å². The standard InChI is InChI=1S/C28H21N5.ClH/c1-2-12-33-13-4-3-5-28(33)26-17-25-16-23-9-8-21(30-23)14-19-6-7-20(29-19)15-22-10-11-24(31-22)18-27(26)32-25;/h2-11,13-18H,1,12H2,(H,29,30,31,32);1H. The summed E-state index contributed by atoms with van der Waals surface area (Å²) in [5.41, 5.74) is 9.87. The van der Waals surface area contributed by atoms with Crippen molar-refractivity contribution in [1.82, 2.24) is 19.9 Å². The Morgan fingerprint density at radius 1 is 0.735 bits per heavy atom. The molecule has 0 atom stereocenters. The van der Waals surface area contributed by atoms with Gasteiger partial charge in [-0.2, -0.15) is 4.57 Å². The number of hydrogen-bond donors (Lipinski definition) is 2. The maximum Gasteiger partial charge on any atom is 0.214 e. The van der Waals surface area contributed by atoms with Crippen LogP contribution in [0, 0.1) is 0 Å². The number of nitrogens with one attached hydrogen (secondary N) is 2. The van der Waals surface area contributed by atoms with Gasteiger partial charge in [0.25, 0.3) is 0 Å². The lowest BCUT2D eigenvalue weighted by Gasteiger charge is -2.00. The molecule has 0 unspecified atom stereocenters. The molecule has 0 aliphatic carbocycles. The van der Waals surface area contributed by atoms with E-state index in [1.165, 1.54) is 0 Å². The van der Waals surface area contributed by atoms with Crippen molar-refractivity contribution >= 4 is 46.4 Å². The molecule has 0 aromatic carbocycles. The molecule has 4 aromatic heterocycles. The van der Waals surface area contributed by atoms with Gasteiger partial charge in [-0.1, -0.05) is 6.58 Å². The Morgan fingerprint density at radius 2 is 1.35 bits per heavy atom. The van der Waals surface area contributed by atoms with Gasteiger partial charge in [0.1, 0.15) is 0 Å². The lowest BCUT2D eigenvalue weighted by molar-refractivity contribution is -0.676. The lowest BCUT2D eigenvalue weighted by atomic mass is 10.1. The van der Waals surface area contributed by atoms with E-state index < -0.39 is 0 Å². The zero-order chi connectivity index (χ0) is 22.2. The summed E-state index contributed by atoms with van der Waals surface area (Å²) in [4.78, 5) is 16.6. The normalized spacial score (nSPS) is 11.9. The third-order valence-electron chi connectivity index (χ3n) is 5.71. The molecule has 0 saturated heterocycles. The molecule has 5 nitrogen and oxygen atoms in total. The Morgan fingerprint density at radius 3 is 2.00 bits per heavy atom. The van der Waals surface area contributed by atoms with E-state index in [2.05, 4.69) is 75.8 Å². The molecule has 6 rings (SSSR count). The molecule has 2 N–H and O–H groups in total. The monoisotopic (exact) mass is 463 g/mol. The average molecular weight is 464 g/mol. The highest BCUT2D eigenvalue weighted by Gasteiger charge is 2.15. The van der Waals surface area contributed by atoms with Gasteiger partial charge < -0.3 is 22.4 Å². The molecule has 0 radical (unpaired) electrons. The fourth-order valence-corrected chi connectivity index (χ4v) is 4.25. The fraction of sp³-hybridized carbons (Fsp3) is 0.0357. The number of halogens is 1. The minimum Gasteiger partial charge on any atom is -1.00 e. The highest BCUT2D eigenvalue weighted by Crippen LogP contribution is 2.25. The first-order valence-corrected chi connectivity index (χ1v) is 10.9. The molecule has 2 aliphatic heterocycles. The molecule has 0 saturated carbocycles. The van der Waals surface area contributed by atoms with Crippen LogP contribution in [0.4, 0.5) is 0 Å². The summed E-state index contributed by atoms with van der Waals surface area (Å²) in [7, 11) is 0. The Hall–Kier alpha value is -4.22. The Balaban J connectivity index is 0.00000241. The summed E-state index contributed by atoms with van der Waals surface area (Å²) in [5.74, 6) is 0. The summed E-state index contributed by atoms with van der Waals surface area (Å²) in [6, 6.07) is 20.8. The van der Waals surface area contributed by atoms with E-state index in [4.69, 9.17) is 9.97 Å². The quantitative estimate of drug-likeness (QED) is 0.313. The number of fused-ring (bicyclic) bond motifs is 8. The number of aromatic nitrogens is 5. The van der Waals surface area contributed by atoms with Crippen molar-refractivity contribution in [2.75, 3.05) is 0 Å². The number of nitrogens with zero attached hydrogens (tertiary/aromatic N) is 3. The van der Waals surface area contributed by atoms with Gasteiger partial charge in [0.05, 0.1) is 33.9 Å². The van der Waals surface area contributed by atoms with E-state index in [0.29, 0.717) is 0 Å². The number of hydrogen-bond acceptors (Lipinski definition) is 2. The summed E-state index contributed by atoms with van der Waals surface area (Å²) in [6.45, 7) is 4.64. The third kappa shape index (κ3) is 4.21. The van der Waals surface area contributed by atoms with Gasteiger partial charge >= 0.3 is 0 Å². The Kier molecular flexibility index (Phi) is 5.70. The average Bonchev–Trinajstić information content (AvgIpc) is 3.60. The van der Waals surface area contributed by atoms with Gasteiger partial charge in [-0.15, -0.1) is 0 Å². The van der Waals surface area contributed by atoms with Gasteiger partial charge in [-0.25, -0.2) is 9.97 Å². The van der Waals surface area contributed by atoms with Crippen LogP contribution in [0.15, 0.2) is 79.5 Å². The van der Waals surface area contributed by atoms with Crippen LogP contribution in [-0.4, -0.2) is 19.9 Å². The molecule has 8 bridgehead atoms. The second kappa shape index (κ2) is 8.96. The molecule has 6 heterocycles. The van der Waals surface area contributed by atoms with E-state index in [-0.39, 0.29) is 12.4 Å². The minimum absolute atomic E-state index is 0. The predicted molar refractivity (Wildman–Crippen MR) is 135 cm³/mol. The molecular weight excluding hydrogens is 442 g/mol. The van der Waals surface area contributed by atoms with Crippen LogP contribution in [0.5, 0.6) is 0 Å². The number of H-pyrrole nitrogens is 2. The van der Waals surface area contributed by atoms with Crippen molar-refractivity contribution in [3.8, 4) is 11.3 Å². The molecule has 4 aromatic rings. The van der Waals surface area contributed by atoms with Crippen molar-refractivity contribution in [2.24, 2.45) is 0 Å². The smallest absolute Gasteiger partial charge is 0.214 e. The molecule has 6 heteroatoms. The highest BCUT2D eigenvalue weighted by molar-refractivity contribution is 5.85. The second-order valence-corrected chi connectivity index (χ2v) is 8.12. The van der Waals surface area contributed by atoms with Crippen LogP contribution in [0.1, 0.15) is 22.8 Å². The lowest BCUT2D eigenvalue weighted by Crippen LogP contribution is -3.00. The largest absolute Gasteiger partial charge is 1.00 e. The Labute approximate surface area is 203 Å². The molecule has 0 amide bonds. The minimum atomic E-state index is 0. The first-order chi connectivity index (χ1) is 16.2. The van der Waals surface area contributed by atoms with Crippen LogP contribution in [-0.2, 0) is 6.54 Å². The molecule has 34 heavy (non-hydrogen) atoms. The van der Waals surface area contributed by atoms with Crippen molar-refractivity contribution < 1.29 is 17.0 Å². The van der Waals surface area contributed by atoms with Crippen LogP contribution < -0.4 is 17.0 Å². The van der Waals surface area contributed by atoms with Crippen molar-refractivity contribution in [3.05, 3.63) is 102 Å². The SMILES string of the molecule is C=CC[n+]1ccccc1-c1cc2cc3nc(cc4ccc(cc5nc(cc1[nH]2)C=C5)[nH]4)C=C3.[Cl-].